The Labute approximate surface area is 118 Å². The molecule has 0 heterocycles. The zero-order valence-corrected chi connectivity index (χ0v) is 12.6. The van der Waals surface area contributed by atoms with Crippen molar-refractivity contribution in [3.63, 3.8) is 0 Å². The van der Waals surface area contributed by atoms with Crippen molar-refractivity contribution in [2.45, 2.75) is 64.2 Å². The lowest BCUT2D eigenvalue weighted by Crippen LogP contribution is -2.52. The predicted octanol–water partition coefficient (Wildman–Crippen LogP) is 3.43. The van der Waals surface area contributed by atoms with E-state index in [0.717, 1.165) is 6.54 Å². The fraction of sp³-hybridized carbons (Fsp3) is 0.647. The smallest absolute Gasteiger partial charge is 0.0255 e. The van der Waals surface area contributed by atoms with Crippen LogP contribution in [0, 0.1) is 0 Å². The summed E-state index contributed by atoms with van der Waals surface area (Å²) in [5.74, 6) is 0. The molecule has 0 saturated heterocycles. The average molecular weight is 260 g/mol. The molecule has 1 saturated carbocycles. The minimum atomic E-state index is 0.596. The third-order valence-electron chi connectivity index (χ3n) is 4.40. The van der Waals surface area contributed by atoms with Crippen LogP contribution in [-0.4, -0.2) is 30.1 Å². The first kappa shape index (κ1) is 14.5. The van der Waals surface area contributed by atoms with E-state index in [9.17, 15) is 0 Å². The van der Waals surface area contributed by atoms with Crippen LogP contribution in [0.3, 0.4) is 0 Å². The van der Waals surface area contributed by atoms with Crippen molar-refractivity contribution in [1.82, 2.24) is 10.2 Å². The molecule has 1 aromatic carbocycles. The maximum Gasteiger partial charge on any atom is 0.0255 e. The minimum Gasteiger partial charge on any atom is -0.315 e. The summed E-state index contributed by atoms with van der Waals surface area (Å²) < 4.78 is 0. The molecule has 1 aromatic rings. The van der Waals surface area contributed by atoms with Crippen LogP contribution in [0.2, 0.25) is 0 Å². The number of hydrogen-bond acceptors (Lipinski definition) is 2. The van der Waals surface area contributed by atoms with Crippen LogP contribution in [0.1, 0.15) is 45.1 Å². The van der Waals surface area contributed by atoms with Crippen LogP contribution in [0.15, 0.2) is 30.3 Å². The fourth-order valence-electron chi connectivity index (χ4n) is 3.32. The third kappa shape index (κ3) is 3.80. The number of nitrogens with one attached hydrogen (secondary N) is 1. The van der Waals surface area contributed by atoms with Crippen molar-refractivity contribution in [2.75, 3.05) is 7.05 Å². The van der Waals surface area contributed by atoms with Gasteiger partial charge in [0.05, 0.1) is 0 Å². The molecule has 106 valence electrons. The van der Waals surface area contributed by atoms with E-state index in [4.69, 9.17) is 0 Å². The molecule has 0 spiro atoms. The summed E-state index contributed by atoms with van der Waals surface area (Å²) in [7, 11) is 2.12. The highest BCUT2D eigenvalue weighted by Gasteiger charge is 2.30. The summed E-state index contributed by atoms with van der Waals surface area (Å²) in [6.07, 6.45) is 5.40. The highest BCUT2D eigenvalue weighted by Crippen LogP contribution is 2.26. The van der Waals surface area contributed by atoms with Crippen molar-refractivity contribution in [2.24, 2.45) is 0 Å². The van der Waals surface area contributed by atoms with E-state index < -0.39 is 0 Å². The zero-order valence-electron chi connectivity index (χ0n) is 12.6. The highest BCUT2D eigenvalue weighted by molar-refractivity contribution is 5.15. The number of likely N-dealkylation sites (N-methyl/N-ethyl adjacent to an activating group) is 1. The van der Waals surface area contributed by atoms with Gasteiger partial charge >= 0.3 is 0 Å². The van der Waals surface area contributed by atoms with Crippen LogP contribution in [-0.2, 0) is 6.54 Å². The molecule has 2 rings (SSSR count). The maximum absolute atomic E-state index is 3.53. The molecule has 0 aromatic heterocycles. The lowest BCUT2D eigenvalue weighted by Gasteiger charge is -2.42. The maximum atomic E-state index is 3.53. The Hall–Kier alpha value is -0.860. The lowest BCUT2D eigenvalue weighted by molar-refractivity contribution is 0.0870. The Kier molecular flexibility index (Phi) is 5.41. The second kappa shape index (κ2) is 7.06. The predicted molar refractivity (Wildman–Crippen MR) is 82.2 cm³/mol. The van der Waals surface area contributed by atoms with Crippen LogP contribution in [0.25, 0.3) is 0 Å². The quantitative estimate of drug-likeness (QED) is 0.872. The molecule has 2 atom stereocenters. The SMILES string of the molecule is CN[C@H]1CCCC[C@H]1N(Cc1ccccc1)C(C)C. The average Bonchev–Trinajstić information content (AvgIpc) is 2.45. The van der Waals surface area contributed by atoms with E-state index in [1.54, 1.807) is 0 Å². The van der Waals surface area contributed by atoms with Crippen molar-refractivity contribution in [3.05, 3.63) is 35.9 Å². The monoisotopic (exact) mass is 260 g/mol. The van der Waals surface area contributed by atoms with E-state index in [1.807, 2.05) is 0 Å². The lowest BCUT2D eigenvalue weighted by atomic mass is 9.88. The summed E-state index contributed by atoms with van der Waals surface area (Å²) in [6, 6.07) is 12.8. The molecule has 1 fully saturated rings. The molecule has 2 heteroatoms. The van der Waals surface area contributed by atoms with Gasteiger partial charge in [0, 0.05) is 24.7 Å². The molecule has 2 nitrogen and oxygen atoms in total. The molecule has 0 bridgehead atoms. The summed E-state index contributed by atoms with van der Waals surface area (Å²) in [4.78, 5) is 2.68. The standard InChI is InChI=1S/C17H28N2/c1-14(2)19(13-15-9-5-4-6-10-15)17-12-8-7-11-16(17)18-3/h4-6,9-10,14,16-18H,7-8,11-13H2,1-3H3/t16-,17+/m0/s1. The minimum absolute atomic E-state index is 0.596. The third-order valence-corrected chi connectivity index (χ3v) is 4.40. The summed E-state index contributed by atoms with van der Waals surface area (Å²) in [5.41, 5.74) is 1.43. The van der Waals surface area contributed by atoms with E-state index in [-0.39, 0.29) is 0 Å². The Balaban J connectivity index is 2.10. The van der Waals surface area contributed by atoms with Gasteiger partial charge in [-0.25, -0.2) is 0 Å². The van der Waals surface area contributed by atoms with Gasteiger partial charge in [-0.15, -0.1) is 0 Å². The van der Waals surface area contributed by atoms with E-state index in [1.165, 1.54) is 31.2 Å². The second-order valence-electron chi connectivity index (χ2n) is 6.00. The first-order chi connectivity index (χ1) is 9.22. The molecule has 0 aliphatic heterocycles. The van der Waals surface area contributed by atoms with Crippen LogP contribution < -0.4 is 5.32 Å². The zero-order chi connectivity index (χ0) is 13.7. The molecule has 1 aliphatic carbocycles. The number of nitrogens with zero attached hydrogens (tertiary/aromatic N) is 1. The topological polar surface area (TPSA) is 15.3 Å². The van der Waals surface area contributed by atoms with Crippen molar-refractivity contribution in [3.8, 4) is 0 Å². The molecule has 0 amide bonds. The number of hydrogen-bond donors (Lipinski definition) is 1. The van der Waals surface area contributed by atoms with Gasteiger partial charge in [-0.3, -0.25) is 4.90 Å². The molecule has 19 heavy (non-hydrogen) atoms. The Morgan fingerprint density at radius 1 is 1.16 bits per heavy atom. The molecular weight excluding hydrogens is 232 g/mol. The summed E-state index contributed by atoms with van der Waals surface area (Å²) >= 11 is 0. The van der Waals surface area contributed by atoms with Crippen molar-refractivity contribution >= 4 is 0 Å². The second-order valence-corrected chi connectivity index (χ2v) is 6.00. The van der Waals surface area contributed by atoms with Crippen LogP contribution in [0.4, 0.5) is 0 Å². The highest BCUT2D eigenvalue weighted by atomic mass is 15.2. The Morgan fingerprint density at radius 3 is 2.47 bits per heavy atom. The van der Waals surface area contributed by atoms with Crippen molar-refractivity contribution in [1.29, 1.82) is 0 Å². The Morgan fingerprint density at radius 2 is 1.84 bits per heavy atom. The Bertz CT molecular complexity index is 361. The molecule has 1 aliphatic rings. The molecule has 1 N–H and O–H groups in total. The summed E-state index contributed by atoms with van der Waals surface area (Å²) in [6.45, 7) is 5.72. The number of benzene rings is 1. The van der Waals surface area contributed by atoms with Gasteiger partial charge in [0.1, 0.15) is 0 Å². The molecule has 0 unspecified atom stereocenters. The van der Waals surface area contributed by atoms with Gasteiger partial charge in [-0.05, 0) is 39.3 Å². The van der Waals surface area contributed by atoms with Gasteiger partial charge < -0.3 is 5.32 Å². The van der Waals surface area contributed by atoms with Crippen molar-refractivity contribution < 1.29 is 0 Å². The summed E-state index contributed by atoms with van der Waals surface area (Å²) in [5, 5.41) is 3.53. The van der Waals surface area contributed by atoms with Gasteiger partial charge in [-0.1, -0.05) is 43.2 Å². The first-order valence-corrected chi connectivity index (χ1v) is 7.69. The van der Waals surface area contributed by atoms with Gasteiger partial charge in [0.15, 0.2) is 0 Å². The van der Waals surface area contributed by atoms with Gasteiger partial charge in [0.25, 0.3) is 0 Å². The molecule has 0 radical (unpaired) electrons. The van der Waals surface area contributed by atoms with E-state index in [2.05, 4.69) is 61.4 Å². The largest absolute Gasteiger partial charge is 0.315 e. The van der Waals surface area contributed by atoms with Crippen LogP contribution in [0.5, 0.6) is 0 Å². The van der Waals surface area contributed by atoms with Crippen LogP contribution >= 0.6 is 0 Å². The van der Waals surface area contributed by atoms with Gasteiger partial charge in [-0.2, -0.15) is 0 Å². The normalized spacial score (nSPS) is 24.1. The first-order valence-electron chi connectivity index (χ1n) is 7.69. The van der Waals surface area contributed by atoms with E-state index >= 15 is 0 Å². The number of rotatable bonds is 5. The van der Waals surface area contributed by atoms with E-state index in [0.29, 0.717) is 18.1 Å². The van der Waals surface area contributed by atoms with Gasteiger partial charge in [0.2, 0.25) is 0 Å². The fourth-order valence-corrected chi connectivity index (χ4v) is 3.32. The molecular formula is C17H28N2.